The van der Waals surface area contributed by atoms with Crippen LogP contribution < -0.4 is 5.32 Å². The van der Waals surface area contributed by atoms with Crippen LogP contribution in [0.25, 0.3) is 5.57 Å². The van der Waals surface area contributed by atoms with Crippen LogP contribution in [0.1, 0.15) is 121 Å². The number of carbonyl (C=O) groups is 2. The summed E-state index contributed by atoms with van der Waals surface area (Å²) >= 11 is 0. The second-order valence-corrected chi connectivity index (χ2v) is 18.1. The predicted molar refractivity (Wildman–Crippen MR) is 197 cm³/mol. The minimum Gasteiger partial charge on any atom is -0.478 e. The Hall–Kier alpha value is -3.21. The number of benzene rings is 1. The summed E-state index contributed by atoms with van der Waals surface area (Å²) in [5.41, 5.74) is 5.58. The van der Waals surface area contributed by atoms with E-state index in [0.717, 1.165) is 44.1 Å². The van der Waals surface area contributed by atoms with Crippen LogP contribution in [0, 0.1) is 56.7 Å². The third-order valence-corrected chi connectivity index (χ3v) is 16.0. The van der Waals surface area contributed by atoms with Gasteiger partial charge in [0.2, 0.25) is 5.91 Å². The topological polar surface area (TPSA) is 79.3 Å². The van der Waals surface area contributed by atoms with Gasteiger partial charge < -0.3 is 10.4 Å². The summed E-state index contributed by atoms with van der Waals surface area (Å²) in [5, 5.41) is 12.9. The zero-order valence-corrected chi connectivity index (χ0v) is 30.8. The lowest BCUT2D eigenvalue weighted by Gasteiger charge is -2.72. The normalized spacial score (nSPS) is 39.0. The van der Waals surface area contributed by atoms with Gasteiger partial charge in [-0.05, 0) is 157 Å². The van der Waals surface area contributed by atoms with Gasteiger partial charge >= 0.3 is 5.97 Å². The Bertz CT molecular complexity index is 1660. The van der Waals surface area contributed by atoms with Gasteiger partial charge in [0, 0.05) is 18.9 Å². The van der Waals surface area contributed by atoms with E-state index >= 15 is 0 Å². The van der Waals surface area contributed by atoms with E-state index in [-0.39, 0.29) is 27.1 Å². The van der Waals surface area contributed by atoms with Crippen molar-refractivity contribution in [2.24, 2.45) is 56.7 Å². The third kappa shape index (κ3) is 5.02. The van der Waals surface area contributed by atoms with E-state index in [9.17, 15) is 14.7 Å². The Balaban J connectivity index is 1.18. The Labute approximate surface area is 294 Å². The van der Waals surface area contributed by atoms with Gasteiger partial charge in [0.1, 0.15) is 0 Å². The first-order chi connectivity index (χ1) is 23.2. The van der Waals surface area contributed by atoms with Gasteiger partial charge in [-0.3, -0.25) is 9.78 Å². The molecular weight excluding hydrogens is 604 g/mol. The van der Waals surface area contributed by atoms with Crippen molar-refractivity contribution in [2.45, 2.75) is 106 Å². The van der Waals surface area contributed by atoms with E-state index < -0.39 is 5.97 Å². The van der Waals surface area contributed by atoms with E-state index in [1.54, 1.807) is 18.3 Å². The van der Waals surface area contributed by atoms with Crippen LogP contribution in [0.2, 0.25) is 0 Å². The van der Waals surface area contributed by atoms with Crippen LogP contribution in [-0.4, -0.2) is 28.5 Å². The van der Waals surface area contributed by atoms with Crippen LogP contribution in [0.15, 0.2) is 67.0 Å². The number of nitrogens with zero attached hydrogens (tertiary/aromatic N) is 1. The SMILES string of the molecule is C=C(C)C1CCC2(C(=O)NCCc3cccnc3)CCC3(C)C(CCC4C5(C)CC=C(c6ccc(C(=O)O)cc6)C(C)(C)C5CCC43C)C12. The molecule has 49 heavy (non-hydrogen) atoms. The molecule has 1 aromatic carbocycles. The van der Waals surface area contributed by atoms with Crippen molar-refractivity contribution in [1.82, 2.24) is 10.3 Å². The number of fused-ring (bicyclic) bond motifs is 7. The molecule has 262 valence electrons. The number of hydrogen-bond acceptors (Lipinski definition) is 3. The Kier molecular flexibility index (Phi) is 8.35. The number of allylic oxidation sites excluding steroid dienone is 3. The number of hydrogen-bond donors (Lipinski definition) is 2. The van der Waals surface area contributed by atoms with E-state index in [2.05, 4.69) is 70.6 Å². The average Bonchev–Trinajstić information content (AvgIpc) is 3.47. The first-order valence-corrected chi connectivity index (χ1v) is 19.1. The monoisotopic (exact) mass is 662 g/mol. The maximum absolute atomic E-state index is 14.4. The van der Waals surface area contributed by atoms with E-state index in [0.29, 0.717) is 47.6 Å². The number of carboxylic acid groups (broad SMARTS) is 1. The smallest absolute Gasteiger partial charge is 0.335 e. The molecule has 1 aromatic heterocycles. The highest BCUT2D eigenvalue weighted by atomic mass is 16.4. The van der Waals surface area contributed by atoms with Gasteiger partial charge in [-0.2, -0.15) is 0 Å². The molecule has 1 heterocycles. The van der Waals surface area contributed by atoms with Crippen LogP contribution in [-0.2, 0) is 11.2 Å². The van der Waals surface area contributed by atoms with Crippen molar-refractivity contribution in [1.29, 1.82) is 0 Å². The first-order valence-electron chi connectivity index (χ1n) is 19.1. The van der Waals surface area contributed by atoms with Crippen molar-refractivity contribution in [3.63, 3.8) is 0 Å². The fourth-order valence-electron chi connectivity index (χ4n) is 13.5. The van der Waals surface area contributed by atoms with Crippen LogP contribution in [0.3, 0.4) is 0 Å². The van der Waals surface area contributed by atoms with Crippen LogP contribution in [0.5, 0.6) is 0 Å². The number of aromatic carboxylic acids is 1. The molecular formula is C44H58N2O3. The maximum Gasteiger partial charge on any atom is 0.335 e. The summed E-state index contributed by atoms with van der Waals surface area (Å²) in [5.74, 6) is 1.88. The molecule has 7 rings (SSSR count). The van der Waals surface area contributed by atoms with Crippen molar-refractivity contribution in [3.05, 3.63) is 83.7 Å². The molecule has 0 spiro atoms. The third-order valence-electron chi connectivity index (χ3n) is 16.0. The number of carbonyl (C=O) groups excluding carboxylic acids is 1. The molecule has 0 radical (unpaired) electrons. The first kappa shape index (κ1) is 34.2. The molecule has 2 N–H and O–H groups in total. The maximum atomic E-state index is 14.4. The number of amides is 1. The van der Waals surface area contributed by atoms with E-state index in [4.69, 9.17) is 0 Å². The van der Waals surface area contributed by atoms with Crippen molar-refractivity contribution >= 4 is 17.4 Å². The summed E-state index contributed by atoms with van der Waals surface area (Å²) in [6.45, 7) is 20.2. The Morgan fingerprint density at radius 1 is 0.918 bits per heavy atom. The highest BCUT2D eigenvalue weighted by Gasteiger charge is 2.71. The molecule has 5 aliphatic rings. The number of aromatic nitrogens is 1. The fraction of sp³-hybridized carbons (Fsp3) is 0.614. The molecule has 5 aliphatic carbocycles. The Morgan fingerprint density at radius 2 is 1.67 bits per heavy atom. The highest BCUT2D eigenvalue weighted by Crippen LogP contribution is 2.77. The molecule has 1 amide bonds. The second-order valence-electron chi connectivity index (χ2n) is 18.1. The van der Waals surface area contributed by atoms with Crippen LogP contribution in [0.4, 0.5) is 0 Å². The molecule has 2 aromatic rings. The molecule has 5 heteroatoms. The molecule has 5 nitrogen and oxygen atoms in total. The van der Waals surface area contributed by atoms with Gasteiger partial charge in [0.05, 0.1) is 11.0 Å². The zero-order valence-electron chi connectivity index (χ0n) is 30.8. The summed E-state index contributed by atoms with van der Waals surface area (Å²) in [6, 6.07) is 11.6. The summed E-state index contributed by atoms with van der Waals surface area (Å²) in [6.07, 6.45) is 17.1. The molecule has 0 bridgehead atoms. The molecule has 4 fully saturated rings. The van der Waals surface area contributed by atoms with Crippen LogP contribution >= 0.6 is 0 Å². The summed E-state index contributed by atoms with van der Waals surface area (Å²) < 4.78 is 0. The number of nitrogens with one attached hydrogen (secondary N) is 1. The number of pyridine rings is 1. The standard InChI is InChI=1S/C44H58N2O3/c1-28(2)32-16-22-44(39(49)46-26-19-29-9-8-25-45-27-29)24-23-42(6)34(37(32)44)14-15-36-41(5)20-17-33(30-10-12-31(13-11-30)38(47)48)40(3,4)35(41)18-21-43(36,42)7/h8-13,17,25,27,32,34-37H,1,14-16,18-24,26H2,2-7H3,(H,46,49)(H,47,48). The molecule has 9 atom stereocenters. The van der Waals surface area contributed by atoms with Crippen molar-refractivity contribution in [3.8, 4) is 0 Å². The lowest BCUT2D eigenvalue weighted by Crippen LogP contribution is -2.66. The summed E-state index contributed by atoms with van der Waals surface area (Å²) in [7, 11) is 0. The number of rotatable bonds is 7. The molecule has 0 aliphatic heterocycles. The van der Waals surface area contributed by atoms with Crippen molar-refractivity contribution < 1.29 is 14.7 Å². The van der Waals surface area contributed by atoms with Gasteiger partial charge in [0.15, 0.2) is 0 Å². The fourth-order valence-corrected chi connectivity index (χ4v) is 13.5. The minimum atomic E-state index is -0.875. The molecule has 4 saturated carbocycles. The molecule has 9 unspecified atom stereocenters. The predicted octanol–water partition coefficient (Wildman–Crippen LogP) is 9.79. The van der Waals surface area contributed by atoms with Gasteiger partial charge in [-0.25, -0.2) is 4.79 Å². The second kappa shape index (κ2) is 11.9. The van der Waals surface area contributed by atoms with Gasteiger partial charge in [-0.1, -0.05) is 71.0 Å². The molecule has 0 saturated heterocycles. The average molecular weight is 663 g/mol. The Morgan fingerprint density at radius 3 is 2.35 bits per heavy atom. The summed E-state index contributed by atoms with van der Waals surface area (Å²) in [4.78, 5) is 30.2. The highest BCUT2D eigenvalue weighted by molar-refractivity contribution is 5.88. The minimum absolute atomic E-state index is 0.0110. The van der Waals surface area contributed by atoms with Crippen molar-refractivity contribution in [2.75, 3.05) is 6.54 Å². The zero-order chi connectivity index (χ0) is 35.0. The number of carboxylic acids is 1. The van der Waals surface area contributed by atoms with E-state index in [1.165, 1.54) is 42.4 Å². The van der Waals surface area contributed by atoms with Gasteiger partial charge in [-0.15, -0.1) is 0 Å². The van der Waals surface area contributed by atoms with E-state index in [1.807, 2.05) is 24.4 Å². The lowest BCUT2D eigenvalue weighted by atomic mass is 9.32. The van der Waals surface area contributed by atoms with Gasteiger partial charge in [0.25, 0.3) is 0 Å². The largest absolute Gasteiger partial charge is 0.478 e. The lowest BCUT2D eigenvalue weighted by molar-refractivity contribution is -0.225. The quantitative estimate of drug-likeness (QED) is 0.289.